The molecule has 6 nitrogen and oxygen atoms in total. The second kappa shape index (κ2) is 5.97. The fourth-order valence-electron chi connectivity index (χ4n) is 1.87. The molecule has 1 aromatic heterocycles. The fourth-order valence-corrected chi connectivity index (χ4v) is 1.87. The number of anilines is 1. The summed E-state index contributed by atoms with van der Waals surface area (Å²) < 4.78 is 10.9. The van der Waals surface area contributed by atoms with Gasteiger partial charge >= 0.3 is 6.01 Å². The molecule has 6 heteroatoms. The Morgan fingerprint density at radius 3 is 3.06 bits per heavy atom. The maximum absolute atomic E-state index is 5.50. The van der Waals surface area contributed by atoms with Gasteiger partial charge in [-0.05, 0) is 18.9 Å². The third-order valence-corrected chi connectivity index (χ3v) is 2.94. The zero-order valence-electron chi connectivity index (χ0n) is 10.4. The Balaban J connectivity index is 1.87. The summed E-state index contributed by atoms with van der Waals surface area (Å²) in [5.74, 6) is 1.09. The summed E-state index contributed by atoms with van der Waals surface area (Å²) >= 11 is 0. The molecule has 2 atom stereocenters. The number of nitrogens with zero attached hydrogens (tertiary/aromatic N) is 2. The Morgan fingerprint density at radius 2 is 2.29 bits per heavy atom. The van der Waals surface area contributed by atoms with E-state index in [0.29, 0.717) is 30.4 Å². The molecule has 17 heavy (non-hydrogen) atoms. The van der Waals surface area contributed by atoms with Gasteiger partial charge in [0.2, 0.25) is 5.89 Å². The van der Waals surface area contributed by atoms with Crippen LogP contribution < -0.4 is 10.6 Å². The van der Waals surface area contributed by atoms with Crippen LogP contribution in [0.4, 0.5) is 6.01 Å². The number of aromatic nitrogens is 2. The van der Waals surface area contributed by atoms with Crippen molar-refractivity contribution in [2.24, 2.45) is 5.92 Å². The Hall–Kier alpha value is -1.14. The lowest BCUT2D eigenvalue weighted by atomic mass is 9.98. The van der Waals surface area contributed by atoms with E-state index in [1.54, 1.807) is 0 Å². The summed E-state index contributed by atoms with van der Waals surface area (Å²) in [6, 6.07) is 0.868. The monoisotopic (exact) mass is 240 g/mol. The summed E-state index contributed by atoms with van der Waals surface area (Å²) in [4.78, 5) is 0. The quantitative estimate of drug-likeness (QED) is 0.800. The van der Waals surface area contributed by atoms with Crippen molar-refractivity contribution in [2.45, 2.75) is 32.9 Å². The predicted octanol–water partition coefficient (Wildman–Crippen LogP) is 1.02. The number of hydrogen-bond acceptors (Lipinski definition) is 6. The summed E-state index contributed by atoms with van der Waals surface area (Å²) in [5.41, 5.74) is 0. The highest BCUT2D eigenvalue weighted by molar-refractivity contribution is 5.20. The van der Waals surface area contributed by atoms with Gasteiger partial charge in [-0.2, -0.15) is 0 Å². The average Bonchev–Trinajstić information content (AvgIpc) is 2.77. The minimum Gasteiger partial charge on any atom is -0.407 e. The molecule has 0 saturated carbocycles. The Morgan fingerprint density at radius 1 is 1.41 bits per heavy atom. The van der Waals surface area contributed by atoms with Gasteiger partial charge in [0, 0.05) is 12.6 Å². The fraction of sp³-hybridized carbons (Fsp3) is 0.818. The first-order valence-corrected chi connectivity index (χ1v) is 6.17. The molecule has 1 aliphatic heterocycles. The van der Waals surface area contributed by atoms with Gasteiger partial charge in [-0.25, -0.2) is 0 Å². The molecule has 1 saturated heterocycles. The van der Waals surface area contributed by atoms with E-state index in [9.17, 15) is 0 Å². The van der Waals surface area contributed by atoms with Gasteiger partial charge < -0.3 is 19.8 Å². The average molecular weight is 240 g/mol. The summed E-state index contributed by atoms with van der Waals surface area (Å²) in [7, 11) is 0. The normalized spacial score (nSPS) is 24.8. The van der Waals surface area contributed by atoms with Crippen LogP contribution in [-0.2, 0) is 11.3 Å². The zero-order chi connectivity index (χ0) is 12.1. The van der Waals surface area contributed by atoms with Crippen molar-refractivity contribution in [3.63, 3.8) is 0 Å². The number of ether oxygens (including phenoxy) is 1. The Bertz CT molecular complexity index is 342. The predicted molar refractivity (Wildman–Crippen MR) is 63.7 cm³/mol. The van der Waals surface area contributed by atoms with E-state index >= 15 is 0 Å². The van der Waals surface area contributed by atoms with Gasteiger partial charge in [0.25, 0.3) is 0 Å². The topological polar surface area (TPSA) is 72.2 Å². The lowest BCUT2D eigenvalue weighted by Gasteiger charge is -2.28. The maximum atomic E-state index is 5.50. The summed E-state index contributed by atoms with van der Waals surface area (Å²) in [6.07, 6.45) is 0.978. The van der Waals surface area contributed by atoms with E-state index < -0.39 is 0 Å². The van der Waals surface area contributed by atoms with Gasteiger partial charge in [0.15, 0.2) is 0 Å². The van der Waals surface area contributed by atoms with Crippen LogP contribution in [0.3, 0.4) is 0 Å². The lowest BCUT2D eigenvalue weighted by Crippen LogP contribution is -2.36. The van der Waals surface area contributed by atoms with Gasteiger partial charge in [-0.15, -0.1) is 5.10 Å². The first kappa shape index (κ1) is 12.3. The van der Waals surface area contributed by atoms with Gasteiger partial charge in [-0.1, -0.05) is 18.9 Å². The molecule has 96 valence electrons. The molecule has 2 unspecified atom stereocenters. The van der Waals surface area contributed by atoms with Crippen molar-refractivity contribution in [2.75, 3.05) is 25.1 Å². The van der Waals surface area contributed by atoms with Crippen molar-refractivity contribution < 1.29 is 9.15 Å². The van der Waals surface area contributed by atoms with Crippen molar-refractivity contribution in [1.82, 2.24) is 15.5 Å². The number of nitrogens with one attached hydrogen (secondary N) is 2. The first-order valence-electron chi connectivity index (χ1n) is 6.17. The molecule has 0 aliphatic carbocycles. The van der Waals surface area contributed by atoms with E-state index in [1.807, 2.05) is 6.92 Å². The first-order chi connectivity index (χ1) is 8.29. The van der Waals surface area contributed by atoms with Crippen molar-refractivity contribution in [1.29, 1.82) is 0 Å². The molecule has 1 fully saturated rings. The smallest absolute Gasteiger partial charge is 0.315 e. The van der Waals surface area contributed by atoms with Crippen molar-refractivity contribution >= 4 is 6.01 Å². The molecule has 1 aromatic rings. The van der Waals surface area contributed by atoms with Crippen LogP contribution in [0.2, 0.25) is 0 Å². The van der Waals surface area contributed by atoms with E-state index in [0.717, 1.165) is 26.2 Å². The molecular weight excluding hydrogens is 220 g/mol. The molecule has 0 amide bonds. The minimum atomic E-state index is 0.358. The SMILES string of the molecule is CCNCc1nnc(NC2CCOCC2C)o1. The highest BCUT2D eigenvalue weighted by atomic mass is 16.5. The Kier molecular flexibility index (Phi) is 4.33. The Labute approximate surface area is 101 Å². The molecule has 0 bridgehead atoms. The second-order valence-electron chi connectivity index (χ2n) is 4.37. The maximum Gasteiger partial charge on any atom is 0.315 e. The lowest BCUT2D eigenvalue weighted by molar-refractivity contribution is 0.0532. The molecule has 1 aliphatic rings. The summed E-state index contributed by atoms with van der Waals surface area (Å²) in [6.45, 7) is 7.29. The zero-order valence-corrected chi connectivity index (χ0v) is 10.4. The largest absolute Gasteiger partial charge is 0.407 e. The minimum absolute atomic E-state index is 0.358. The third-order valence-electron chi connectivity index (χ3n) is 2.94. The highest BCUT2D eigenvalue weighted by Crippen LogP contribution is 2.18. The highest BCUT2D eigenvalue weighted by Gasteiger charge is 2.23. The van der Waals surface area contributed by atoms with E-state index in [1.165, 1.54) is 0 Å². The third kappa shape index (κ3) is 3.41. The molecular formula is C11H20N4O2. The van der Waals surface area contributed by atoms with Gasteiger partial charge in [0.1, 0.15) is 0 Å². The summed E-state index contributed by atoms with van der Waals surface area (Å²) in [5, 5.41) is 14.4. The van der Waals surface area contributed by atoms with Gasteiger partial charge in [0.05, 0.1) is 13.2 Å². The second-order valence-corrected chi connectivity index (χ2v) is 4.37. The van der Waals surface area contributed by atoms with E-state index in [4.69, 9.17) is 9.15 Å². The van der Waals surface area contributed by atoms with E-state index in [-0.39, 0.29) is 0 Å². The standard InChI is InChI=1S/C11H20N4O2/c1-3-12-6-10-14-15-11(17-10)13-9-4-5-16-7-8(9)2/h8-9,12H,3-7H2,1-2H3,(H,13,15). The molecule has 0 aromatic carbocycles. The molecule has 2 rings (SSSR count). The van der Waals surface area contributed by atoms with Crippen LogP contribution >= 0.6 is 0 Å². The number of hydrogen-bond donors (Lipinski definition) is 2. The molecule has 2 N–H and O–H groups in total. The van der Waals surface area contributed by atoms with Crippen LogP contribution in [0.5, 0.6) is 0 Å². The van der Waals surface area contributed by atoms with Crippen LogP contribution in [0.1, 0.15) is 26.2 Å². The van der Waals surface area contributed by atoms with E-state index in [2.05, 4.69) is 27.8 Å². The van der Waals surface area contributed by atoms with Crippen LogP contribution in [0.25, 0.3) is 0 Å². The number of rotatable bonds is 5. The van der Waals surface area contributed by atoms with Crippen molar-refractivity contribution in [3.8, 4) is 0 Å². The molecule has 0 radical (unpaired) electrons. The molecule has 0 spiro atoms. The molecule has 2 heterocycles. The van der Waals surface area contributed by atoms with Crippen LogP contribution in [0.15, 0.2) is 4.42 Å². The van der Waals surface area contributed by atoms with Crippen LogP contribution in [0, 0.1) is 5.92 Å². The van der Waals surface area contributed by atoms with Gasteiger partial charge in [-0.3, -0.25) is 0 Å². The van der Waals surface area contributed by atoms with Crippen molar-refractivity contribution in [3.05, 3.63) is 5.89 Å². The van der Waals surface area contributed by atoms with Crippen LogP contribution in [-0.4, -0.2) is 36.0 Å².